The summed E-state index contributed by atoms with van der Waals surface area (Å²) in [6, 6.07) is 19.8. The van der Waals surface area contributed by atoms with Crippen LogP contribution in [0.3, 0.4) is 0 Å². The Bertz CT molecular complexity index is 1470. The van der Waals surface area contributed by atoms with Crippen LogP contribution in [-0.2, 0) is 19.5 Å². The van der Waals surface area contributed by atoms with Gasteiger partial charge in [0.1, 0.15) is 5.69 Å². The van der Waals surface area contributed by atoms with E-state index in [4.69, 9.17) is 16.6 Å². The molecule has 2 aromatic carbocycles. The summed E-state index contributed by atoms with van der Waals surface area (Å²) in [6.45, 7) is 1.67. The maximum Gasteiger partial charge on any atom is 0.254 e. The largest absolute Gasteiger partial charge is 0.329 e. The van der Waals surface area contributed by atoms with Gasteiger partial charge in [0.15, 0.2) is 11.6 Å². The van der Waals surface area contributed by atoms with E-state index in [2.05, 4.69) is 26.2 Å². The Labute approximate surface area is 215 Å². The topological polar surface area (TPSA) is 63.9 Å². The lowest BCUT2D eigenvalue weighted by molar-refractivity contribution is 0.0708. The summed E-state index contributed by atoms with van der Waals surface area (Å²) in [5.41, 5.74) is 3.79. The zero-order chi connectivity index (χ0) is 23.8. The highest BCUT2D eigenvalue weighted by molar-refractivity contribution is 7.13. The normalized spacial score (nSPS) is 13.1. The first-order valence-electron chi connectivity index (χ1n) is 11.2. The number of aromatic nitrogens is 4. The number of carbonyl (C=O) groups excluding carboxylic acids is 1. The van der Waals surface area contributed by atoms with Crippen molar-refractivity contribution < 1.29 is 4.79 Å². The molecule has 0 bridgehead atoms. The lowest BCUT2D eigenvalue weighted by atomic mass is 10.1. The van der Waals surface area contributed by atoms with Crippen LogP contribution in [0.4, 0.5) is 0 Å². The minimum Gasteiger partial charge on any atom is -0.329 e. The van der Waals surface area contributed by atoms with E-state index in [0.29, 0.717) is 25.2 Å². The fourth-order valence-corrected chi connectivity index (χ4v) is 5.86. The molecular formula is C26H20ClN5OS2. The summed E-state index contributed by atoms with van der Waals surface area (Å²) in [7, 11) is 0. The van der Waals surface area contributed by atoms with Crippen LogP contribution in [0.1, 0.15) is 26.8 Å². The molecular weight excluding hydrogens is 498 g/mol. The Balaban J connectivity index is 1.16. The predicted octanol–water partition coefficient (Wildman–Crippen LogP) is 6.03. The summed E-state index contributed by atoms with van der Waals surface area (Å²) >= 11 is 9.29. The van der Waals surface area contributed by atoms with Crippen molar-refractivity contribution in [3.63, 3.8) is 0 Å². The van der Waals surface area contributed by atoms with Crippen molar-refractivity contribution >= 4 is 40.2 Å². The molecule has 1 aliphatic rings. The van der Waals surface area contributed by atoms with Crippen molar-refractivity contribution in [2.75, 3.05) is 6.54 Å². The fourth-order valence-electron chi connectivity index (χ4n) is 4.19. The number of hydrogen-bond acceptors (Lipinski definition) is 6. The van der Waals surface area contributed by atoms with Crippen molar-refractivity contribution in [3.8, 4) is 22.0 Å². The first-order chi connectivity index (χ1) is 17.1. The van der Waals surface area contributed by atoms with Crippen LogP contribution in [0.2, 0.25) is 5.02 Å². The number of rotatable bonds is 5. The third-order valence-corrected chi connectivity index (χ3v) is 8.05. The van der Waals surface area contributed by atoms with Gasteiger partial charge in [-0.05, 0) is 46.8 Å². The average Bonchev–Trinajstić information content (AvgIpc) is 3.66. The van der Waals surface area contributed by atoms with E-state index < -0.39 is 0 Å². The van der Waals surface area contributed by atoms with Crippen LogP contribution in [-0.4, -0.2) is 37.1 Å². The molecule has 0 N–H and O–H groups in total. The Morgan fingerprint density at radius 1 is 0.971 bits per heavy atom. The molecule has 1 amide bonds. The number of hydrogen-bond donors (Lipinski definition) is 0. The smallest absolute Gasteiger partial charge is 0.254 e. The molecule has 5 aromatic rings. The van der Waals surface area contributed by atoms with Gasteiger partial charge in [0.25, 0.3) is 5.91 Å². The highest BCUT2D eigenvalue weighted by Gasteiger charge is 2.26. The van der Waals surface area contributed by atoms with Gasteiger partial charge in [0.2, 0.25) is 0 Å². The van der Waals surface area contributed by atoms with Gasteiger partial charge >= 0.3 is 0 Å². The summed E-state index contributed by atoms with van der Waals surface area (Å²) in [5.74, 6) is 1.55. The van der Waals surface area contributed by atoms with E-state index in [1.165, 1.54) is 4.88 Å². The van der Waals surface area contributed by atoms with Crippen LogP contribution in [0.25, 0.3) is 22.0 Å². The van der Waals surface area contributed by atoms with Gasteiger partial charge in [0, 0.05) is 40.4 Å². The van der Waals surface area contributed by atoms with Crippen LogP contribution < -0.4 is 0 Å². The monoisotopic (exact) mass is 517 g/mol. The van der Waals surface area contributed by atoms with Crippen molar-refractivity contribution in [3.05, 3.63) is 98.4 Å². The van der Waals surface area contributed by atoms with Gasteiger partial charge in [-0.1, -0.05) is 41.9 Å². The molecule has 0 atom stereocenters. The van der Waals surface area contributed by atoms with Crippen molar-refractivity contribution in [2.24, 2.45) is 0 Å². The van der Waals surface area contributed by atoms with Crippen molar-refractivity contribution in [1.29, 1.82) is 0 Å². The molecule has 3 aromatic heterocycles. The zero-order valence-corrected chi connectivity index (χ0v) is 21.0. The highest BCUT2D eigenvalue weighted by Crippen LogP contribution is 2.27. The van der Waals surface area contributed by atoms with Gasteiger partial charge in [-0.15, -0.1) is 32.9 Å². The van der Waals surface area contributed by atoms with Gasteiger partial charge in [-0.25, -0.2) is 4.98 Å². The first kappa shape index (κ1) is 22.2. The van der Waals surface area contributed by atoms with E-state index in [-0.39, 0.29) is 5.91 Å². The molecule has 6 nitrogen and oxygen atoms in total. The Hall–Kier alpha value is -3.33. The van der Waals surface area contributed by atoms with E-state index >= 15 is 0 Å². The quantitative estimate of drug-likeness (QED) is 0.285. The third-order valence-electron chi connectivity index (χ3n) is 6.03. The third kappa shape index (κ3) is 4.52. The first-order valence-corrected chi connectivity index (χ1v) is 13.3. The lowest BCUT2D eigenvalue weighted by Crippen LogP contribution is -2.38. The number of thiophene rings is 1. The number of carbonyl (C=O) groups is 1. The molecule has 0 spiro atoms. The maximum atomic E-state index is 13.1. The second-order valence-corrected chi connectivity index (χ2v) is 10.6. The molecule has 4 heterocycles. The number of thiazole rings is 1. The summed E-state index contributed by atoms with van der Waals surface area (Å²) in [5, 5.41) is 14.6. The molecule has 0 aliphatic carbocycles. The number of benzene rings is 2. The summed E-state index contributed by atoms with van der Waals surface area (Å²) in [4.78, 5) is 21.0. The molecule has 35 heavy (non-hydrogen) atoms. The van der Waals surface area contributed by atoms with Crippen molar-refractivity contribution in [1.82, 2.24) is 24.6 Å². The maximum absolute atomic E-state index is 13.1. The van der Waals surface area contributed by atoms with Gasteiger partial charge in [-0.2, -0.15) is 0 Å². The second-order valence-electron chi connectivity index (χ2n) is 8.30. The van der Waals surface area contributed by atoms with Crippen molar-refractivity contribution in [2.45, 2.75) is 19.5 Å². The van der Waals surface area contributed by atoms with Crippen LogP contribution in [0.5, 0.6) is 0 Å². The van der Waals surface area contributed by atoms with Crippen LogP contribution in [0, 0.1) is 0 Å². The minimum atomic E-state index is 0.0115. The number of halogens is 1. The standard InChI is InChI=1S/C26H20ClN5OS2/c27-20-9-3-17(4-10-20)14-24-28-21(16-35-24)25-30-29-23-15-31(11-12-32(23)25)26(33)19-7-5-18(6-8-19)22-2-1-13-34-22/h1-10,13,16H,11-12,14-15H2. The zero-order valence-electron chi connectivity index (χ0n) is 18.6. The molecule has 174 valence electrons. The molecule has 6 rings (SSSR count). The molecule has 0 radical (unpaired) electrons. The van der Waals surface area contributed by atoms with Crippen LogP contribution in [0.15, 0.2) is 71.4 Å². The fraction of sp³-hybridized carbons (Fsp3) is 0.154. The van der Waals surface area contributed by atoms with Gasteiger partial charge < -0.3 is 9.47 Å². The predicted molar refractivity (Wildman–Crippen MR) is 140 cm³/mol. The van der Waals surface area contributed by atoms with Gasteiger partial charge in [-0.3, -0.25) is 4.79 Å². The van der Waals surface area contributed by atoms with E-state index in [9.17, 15) is 4.79 Å². The van der Waals surface area contributed by atoms with E-state index in [0.717, 1.165) is 44.9 Å². The molecule has 0 saturated carbocycles. The molecule has 0 fully saturated rings. The highest BCUT2D eigenvalue weighted by atomic mass is 35.5. The number of amides is 1. The Morgan fingerprint density at radius 3 is 2.57 bits per heavy atom. The molecule has 0 saturated heterocycles. The number of nitrogens with zero attached hydrogens (tertiary/aromatic N) is 5. The lowest BCUT2D eigenvalue weighted by Gasteiger charge is -2.27. The average molecular weight is 518 g/mol. The summed E-state index contributed by atoms with van der Waals surface area (Å²) < 4.78 is 2.07. The van der Waals surface area contributed by atoms with Crippen LogP contribution >= 0.6 is 34.3 Å². The minimum absolute atomic E-state index is 0.0115. The summed E-state index contributed by atoms with van der Waals surface area (Å²) in [6.07, 6.45) is 0.746. The van der Waals surface area contributed by atoms with Gasteiger partial charge in [0.05, 0.1) is 11.6 Å². The number of fused-ring (bicyclic) bond motifs is 1. The second kappa shape index (κ2) is 9.37. The SMILES string of the molecule is O=C(c1ccc(-c2cccs2)cc1)N1CCn2c(nnc2-c2csc(Cc3ccc(Cl)cc3)n2)C1. The molecule has 0 unspecified atom stereocenters. The Kier molecular flexibility index (Phi) is 5.93. The molecule has 9 heteroatoms. The Morgan fingerprint density at radius 2 is 1.80 bits per heavy atom. The van der Waals surface area contributed by atoms with E-state index in [1.54, 1.807) is 22.7 Å². The molecule has 1 aliphatic heterocycles. The van der Waals surface area contributed by atoms with E-state index in [1.807, 2.05) is 64.9 Å².